The number of halogens is 2. The number of nitrogens with zero attached hydrogens (tertiary/aromatic N) is 3. The van der Waals surface area contributed by atoms with E-state index >= 15 is 0 Å². The molecule has 4 rings (SSSR count). The first-order valence-corrected chi connectivity index (χ1v) is 10.9. The fourth-order valence-corrected chi connectivity index (χ4v) is 3.53. The van der Waals surface area contributed by atoms with Gasteiger partial charge in [-0.2, -0.15) is 0 Å². The Hall–Kier alpha value is -2.37. The van der Waals surface area contributed by atoms with Gasteiger partial charge in [-0.15, -0.1) is 0 Å². The Labute approximate surface area is 187 Å². The average Bonchev–Trinajstić information content (AvgIpc) is 2.72. The molecule has 3 aromatic carbocycles. The maximum atomic E-state index is 4.81. The molecule has 0 unspecified atom stereocenters. The quantitative estimate of drug-likeness (QED) is 0.291. The van der Waals surface area contributed by atoms with Gasteiger partial charge in [0, 0.05) is 25.6 Å². The SMILES string of the molecule is Cc1ccc(-c2nc(-c3ccc(Br)c(C)c3)nc(-c3ccc(Br)c(C)c3)n2)cc1. The van der Waals surface area contributed by atoms with Crippen LogP contribution in [0.5, 0.6) is 0 Å². The molecule has 0 saturated carbocycles. The first kappa shape index (κ1) is 19.9. The van der Waals surface area contributed by atoms with E-state index in [0.717, 1.165) is 36.8 Å². The predicted octanol–water partition coefficient (Wildman–Crippen LogP) is 7.32. The summed E-state index contributed by atoms with van der Waals surface area (Å²) in [5.74, 6) is 2.01. The highest BCUT2D eigenvalue weighted by molar-refractivity contribution is 9.10. The molecule has 0 N–H and O–H groups in total. The zero-order chi connectivity index (χ0) is 20.5. The van der Waals surface area contributed by atoms with Gasteiger partial charge in [0.05, 0.1) is 0 Å². The molecule has 3 nitrogen and oxygen atoms in total. The van der Waals surface area contributed by atoms with Crippen LogP contribution in [0.2, 0.25) is 0 Å². The molecular formula is C24H19Br2N3. The molecule has 0 aliphatic heterocycles. The minimum atomic E-state index is 0.668. The van der Waals surface area contributed by atoms with Crippen LogP contribution in [0.25, 0.3) is 34.2 Å². The molecule has 0 fully saturated rings. The molecule has 0 saturated heterocycles. The Morgan fingerprint density at radius 2 is 0.897 bits per heavy atom. The second-order valence-corrected chi connectivity index (χ2v) is 8.81. The molecule has 1 aromatic heterocycles. The maximum Gasteiger partial charge on any atom is 0.164 e. The lowest BCUT2D eigenvalue weighted by Crippen LogP contribution is -2.00. The van der Waals surface area contributed by atoms with Crippen LogP contribution in [0.15, 0.2) is 69.6 Å². The number of hydrogen-bond donors (Lipinski definition) is 0. The summed E-state index contributed by atoms with van der Waals surface area (Å²) in [4.78, 5) is 14.4. The van der Waals surface area contributed by atoms with Crippen molar-refractivity contribution in [2.24, 2.45) is 0 Å². The zero-order valence-corrected chi connectivity index (χ0v) is 19.5. The Balaban J connectivity index is 1.92. The standard InChI is InChI=1S/C24H19Br2N3/c1-14-4-6-17(7-5-14)22-27-23(18-8-10-20(25)15(2)12-18)29-24(28-22)19-9-11-21(26)16(3)13-19/h4-13H,1-3H3. The summed E-state index contributed by atoms with van der Waals surface area (Å²) in [5.41, 5.74) is 6.40. The molecule has 4 aromatic rings. The lowest BCUT2D eigenvalue weighted by Gasteiger charge is -2.10. The lowest BCUT2D eigenvalue weighted by atomic mass is 10.1. The lowest BCUT2D eigenvalue weighted by molar-refractivity contribution is 1.07. The molecule has 0 aliphatic rings. The van der Waals surface area contributed by atoms with Crippen LogP contribution in [0.3, 0.4) is 0 Å². The number of aromatic nitrogens is 3. The molecule has 5 heteroatoms. The highest BCUT2D eigenvalue weighted by Gasteiger charge is 2.13. The van der Waals surface area contributed by atoms with E-state index < -0.39 is 0 Å². The summed E-state index contributed by atoms with van der Waals surface area (Å²) >= 11 is 7.14. The van der Waals surface area contributed by atoms with Gasteiger partial charge >= 0.3 is 0 Å². The van der Waals surface area contributed by atoms with Crippen LogP contribution < -0.4 is 0 Å². The summed E-state index contributed by atoms with van der Waals surface area (Å²) in [6, 6.07) is 20.6. The van der Waals surface area contributed by atoms with E-state index in [1.165, 1.54) is 5.56 Å². The number of rotatable bonds is 3. The number of aryl methyl sites for hydroxylation is 3. The monoisotopic (exact) mass is 507 g/mol. The Bertz CT molecular complexity index is 1130. The minimum Gasteiger partial charge on any atom is -0.208 e. The van der Waals surface area contributed by atoms with Crippen molar-refractivity contribution in [2.45, 2.75) is 20.8 Å². The van der Waals surface area contributed by atoms with Gasteiger partial charge in [-0.05, 0) is 56.2 Å². The van der Waals surface area contributed by atoms with Gasteiger partial charge in [0.25, 0.3) is 0 Å². The molecule has 0 spiro atoms. The van der Waals surface area contributed by atoms with Crippen molar-refractivity contribution < 1.29 is 0 Å². The van der Waals surface area contributed by atoms with E-state index in [2.05, 4.69) is 89.0 Å². The molecule has 0 bridgehead atoms. The first-order valence-electron chi connectivity index (χ1n) is 9.27. The fourth-order valence-electron chi connectivity index (χ4n) is 3.03. The third-order valence-corrected chi connectivity index (χ3v) is 6.56. The molecule has 0 amide bonds. The van der Waals surface area contributed by atoms with E-state index in [9.17, 15) is 0 Å². The van der Waals surface area contributed by atoms with Gasteiger partial charge in [-0.25, -0.2) is 15.0 Å². The van der Waals surface area contributed by atoms with E-state index in [0.29, 0.717) is 17.5 Å². The summed E-state index contributed by atoms with van der Waals surface area (Å²) in [5, 5.41) is 0. The second kappa shape index (κ2) is 8.17. The van der Waals surface area contributed by atoms with Crippen molar-refractivity contribution in [3.8, 4) is 34.2 Å². The van der Waals surface area contributed by atoms with E-state index in [-0.39, 0.29) is 0 Å². The van der Waals surface area contributed by atoms with Crippen molar-refractivity contribution in [3.63, 3.8) is 0 Å². The van der Waals surface area contributed by atoms with E-state index in [1.54, 1.807) is 0 Å². The zero-order valence-electron chi connectivity index (χ0n) is 16.4. The van der Waals surface area contributed by atoms with Crippen molar-refractivity contribution in [3.05, 3.63) is 86.3 Å². The van der Waals surface area contributed by atoms with Gasteiger partial charge in [0.2, 0.25) is 0 Å². The molecular weight excluding hydrogens is 490 g/mol. The van der Waals surface area contributed by atoms with Crippen molar-refractivity contribution >= 4 is 31.9 Å². The van der Waals surface area contributed by atoms with Gasteiger partial charge in [-0.3, -0.25) is 0 Å². The van der Waals surface area contributed by atoms with Crippen LogP contribution in [0.4, 0.5) is 0 Å². The molecule has 29 heavy (non-hydrogen) atoms. The van der Waals surface area contributed by atoms with Gasteiger partial charge in [0.1, 0.15) is 0 Å². The summed E-state index contributed by atoms with van der Waals surface area (Å²) in [6.07, 6.45) is 0. The third-order valence-electron chi connectivity index (χ3n) is 4.78. The average molecular weight is 509 g/mol. The summed E-state index contributed by atoms with van der Waals surface area (Å²) < 4.78 is 2.13. The smallest absolute Gasteiger partial charge is 0.164 e. The molecule has 144 valence electrons. The predicted molar refractivity (Wildman–Crippen MR) is 126 cm³/mol. The van der Waals surface area contributed by atoms with E-state index in [1.807, 2.05) is 24.3 Å². The van der Waals surface area contributed by atoms with Crippen LogP contribution in [0, 0.1) is 20.8 Å². The van der Waals surface area contributed by atoms with Crippen LogP contribution in [-0.2, 0) is 0 Å². The molecule has 0 atom stereocenters. The number of hydrogen-bond acceptors (Lipinski definition) is 3. The molecule has 1 heterocycles. The normalized spacial score (nSPS) is 10.9. The Morgan fingerprint density at radius 1 is 0.517 bits per heavy atom. The third kappa shape index (κ3) is 4.31. The second-order valence-electron chi connectivity index (χ2n) is 7.10. The maximum absolute atomic E-state index is 4.81. The Morgan fingerprint density at radius 3 is 1.31 bits per heavy atom. The Kier molecular flexibility index (Phi) is 5.61. The molecule has 0 aliphatic carbocycles. The molecule has 0 radical (unpaired) electrons. The van der Waals surface area contributed by atoms with Crippen molar-refractivity contribution in [2.75, 3.05) is 0 Å². The number of benzene rings is 3. The summed E-state index contributed by atoms with van der Waals surface area (Å²) in [7, 11) is 0. The van der Waals surface area contributed by atoms with Gasteiger partial charge < -0.3 is 0 Å². The van der Waals surface area contributed by atoms with Crippen LogP contribution >= 0.6 is 31.9 Å². The van der Waals surface area contributed by atoms with Crippen LogP contribution in [0.1, 0.15) is 16.7 Å². The van der Waals surface area contributed by atoms with Gasteiger partial charge in [-0.1, -0.05) is 73.8 Å². The van der Waals surface area contributed by atoms with Gasteiger partial charge in [0.15, 0.2) is 17.5 Å². The van der Waals surface area contributed by atoms with Crippen molar-refractivity contribution in [1.82, 2.24) is 15.0 Å². The minimum absolute atomic E-state index is 0.668. The first-order chi connectivity index (χ1) is 13.9. The van der Waals surface area contributed by atoms with Crippen molar-refractivity contribution in [1.29, 1.82) is 0 Å². The summed E-state index contributed by atoms with van der Waals surface area (Å²) in [6.45, 7) is 6.20. The topological polar surface area (TPSA) is 38.7 Å². The highest BCUT2D eigenvalue weighted by Crippen LogP contribution is 2.28. The largest absolute Gasteiger partial charge is 0.208 e. The highest BCUT2D eigenvalue weighted by atomic mass is 79.9. The van der Waals surface area contributed by atoms with E-state index in [4.69, 9.17) is 15.0 Å². The van der Waals surface area contributed by atoms with Crippen LogP contribution in [-0.4, -0.2) is 15.0 Å². The fraction of sp³-hybridized carbons (Fsp3) is 0.125.